The van der Waals surface area contributed by atoms with Gasteiger partial charge in [-0.15, -0.1) is 0 Å². The van der Waals surface area contributed by atoms with E-state index in [4.69, 9.17) is 5.11 Å². The van der Waals surface area contributed by atoms with Crippen molar-refractivity contribution in [3.63, 3.8) is 0 Å². The summed E-state index contributed by atoms with van der Waals surface area (Å²) >= 11 is 0. The van der Waals surface area contributed by atoms with E-state index in [9.17, 15) is 22.8 Å². The van der Waals surface area contributed by atoms with E-state index in [1.807, 2.05) is 6.07 Å². The van der Waals surface area contributed by atoms with Crippen molar-refractivity contribution in [2.45, 2.75) is 25.1 Å². The number of piperazine rings is 1. The Morgan fingerprint density at radius 2 is 1.69 bits per heavy atom. The summed E-state index contributed by atoms with van der Waals surface area (Å²) in [6.07, 6.45) is -1.16. The number of aromatic carboxylic acids is 1. The molecule has 3 heterocycles. The van der Waals surface area contributed by atoms with Crippen molar-refractivity contribution in [1.29, 1.82) is 0 Å². The molecule has 8 nitrogen and oxygen atoms in total. The van der Waals surface area contributed by atoms with Crippen LogP contribution >= 0.6 is 0 Å². The smallest absolute Gasteiger partial charge is 0.408 e. The number of carboxylic acid groups (broad SMARTS) is 1. The summed E-state index contributed by atoms with van der Waals surface area (Å²) in [5.74, 6) is -1.26. The first-order valence-electron chi connectivity index (χ1n) is 10.5. The molecule has 2 aromatic rings. The van der Waals surface area contributed by atoms with Crippen LogP contribution in [-0.4, -0.2) is 82.1 Å². The van der Waals surface area contributed by atoms with Gasteiger partial charge in [0.15, 0.2) is 5.69 Å². The third-order valence-corrected chi connectivity index (χ3v) is 5.92. The van der Waals surface area contributed by atoms with Crippen LogP contribution in [0.3, 0.4) is 0 Å². The average molecular weight is 451 g/mol. The van der Waals surface area contributed by atoms with Gasteiger partial charge in [-0.1, -0.05) is 12.1 Å². The number of anilines is 1. The zero-order chi connectivity index (χ0) is 22.9. The molecule has 172 valence electrons. The number of aromatic nitrogens is 2. The fourth-order valence-corrected chi connectivity index (χ4v) is 4.33. The minimum absolute atomic E-state index is 0.0386. The Kier molecular flexibility index (Phi) is 6.09. The molecular formula is C21H24F3N5O3. The molecule has 4 rings (SSSR count). The largest absolute Gasteiger partial charge is 0.476 e. The molecule has 1 aromatic heterocycles. The number of nitrogens with zero attached hydrogens (tertiary/aromatic N) is 5. The molecule has 2 aliphatic heterocycles. The summed E-state index contributed by atoms with van der Waals surface area (Å²) in [6.45, 7) is 1.93. The first-order chi connectivity index (χ1) is 15.2. The van der Waals surface area contributed by atoms with E-state index in [2.05, 4.69) is 10.00 Å². The normalized spacial score (nSPS) is 18.7. The maximum atomic E-state index is 14.1. The number of hydrogen-bond acceptors (Lipinski definition) is 5. The Bertz CT molecular complexity index is 979. The molecule has 32 heavy (non-hydrogen) atoms. The standard InChI is InChI=1S/C21H24F3N5O3/c22-21(23,24)18(15-4-3-5-16(14-15)26-7-1-2-8-26)27-10-12-28(13-11-27)20(32)29-9-6-17(25-29)19(30)31/h3-6,9,14,18H,1-2,7-8,10-13H2,(H,30,31). The lowest BCUT2D eigenvalue weighted by molar-refractivity contribution is -0.189. The fraction of sp³-hybridized carbons (Fsp3) is 0.476. The second-order valence-electron chi connectivity index (χ2n) is 7.99. The maximum absolute atomic E-state index is 14.1. The van der Waals surface area contributed by atoms with Gasteiger partial charge in [-0.2, -0.15) is 23.0 Å². The number of alkyl halides is 3. The lowest BCUT2D eigenvalue weighted by atomic mass is 10.0. The minimum Gasteiger partial charge on any atom is -0.476 e. The van der Waals surface area contributed by atoms with Crippen molar-refractivity contribution >= 4 is 17.7 Å². The molecule has 0 spiro atoms. The van der Waals surface area contributed by atoms with Crippen LogP contribution < -0.4 is 4.90 Å². The van der Waals surface area contributed by atoms with Crippen LogP contribution in [0.15, 0.2) is 36.5 Å². The first-order valence-corrected chi connectivity index (χ1v) is 10.5. The van der Waals surface area contributed by atoms with Crippen molar-refractivity contribution in [3.8, 4) is 0 Å². The van der Waals surface area contributed by atoms with Crippen LogP contribution in [0, 0.1) is 0 Å². The average Bonchev–Trinajstić information content (AvgIpc) is 3.46. The molecule has 2 fully saturated rings. The summed E-state index contributed by atoms with van der Waals surface area (Å²) in [6, 6.07) is 5.52. The van der Waals surface area contributed by atoms with Gasteiger partial charge in [-0.25, -0.2) is 9.59 Å². The summed E-state index contributed by atoms with van der Waals surface area (Å²) in [7, 11) is 0. The number of amides is 1. The topological polar surface area (TPSA) is 81.9 Å². The number of halogens is 3. The second kappa shape index (κ2) is 8.81. The molecule has 0 radical (unpaired) electrons. The maximum Gasteiger partial charge on any atom is 0.408 e. The zero-order valence-electron chi connectivity index (χ0n) is 17.3. The fourth-order valence-electron chi connectivity index (χ4n) is 4.33. The van der Waals surface area contributed by atoms with Gasteiger partial charge in [0.1, 0.15) is 6.04 Å². The molecule has 1 aromatic carbocycles. The molecule has 1 amide bonds. The van der Waals surface area contributed by atoms with E-state index in [1.165, 1.54) is 28.1 Å². The number of carbonyl (C=O) groups is 2. The van der Waals surface area contributed by atoms with Crippen molar-refractivity contribution < 1.29 is 27.9 Å². The first kappa shape index (κ1) is 22.1. The minimum atomic E-state index is -4.46. The van der Waals surface area contributed by atoms with Crippen molar-refractivity contribution in [2.75, 3.05) is 44.2 Å². The predicted molar refractivity (Wildman–Crippen MR) is 110 cm³/mol. The van der Waals surface area contributed by atoms with Crippen LogP contribution in [0.4, 0.5) is 23.7 Å². The number of rotatable bonds is 4. The van der Waals surface area contributed by atoms with Gasteiger partial charge in [-0.05, 0) is 36.6 Å². The van der Waals surface area contributed by atoms with E-state index in [0.29, 0.717) is 0 Å². The Morgan fingerprint density at radius 3 is 2.28 bits per heavy atom. The molecule has 0 bridgehead atoms. The third kappa shape index (κ3) is 4.57. The van der Waals surface area contributed by atoms with Gasteiger partial charge < -0.3 is 14.9 Å². The Morgan fingerprint density at radius 1 is 1.00 bits per heavy atom. The van der Waals surface area contributed by atoms with Crippen LogP contribution in [-0.2, 0) is 0 Å². The quantitative estimate of drug-likeness (QED) is 0.770. The molecule has 2 aliphatic rings. The number of hydrogen-bond donors (Lipinski definition) is 1. The van der Waals surface area contributed by atoms with Gasteiger partial charge in [0, 0.05) is 51.2 Å². The van der Waals surface area contributed by atoms with E-state index < -0.39 is 24.2 Å². The molecular weight excluding hydrogens is 427 g/mol. The Balaban J connectivity index is 1.47. The Hall–Kier alpha value is -3.08. The van der Waals surface area contributed by atoms with Gasteiger partial charge in [-0.3, -0.25) is 4.90 Å². The molecule has 11 heteroatoms. The SMILES string of the molecule is O=C(O)c1ccn(C(=O)N2CCN(C(c3cccc(N4CCCC4)c3)C(F)(F)F)CC2)n1. The number of carboxylic acids is 1. The lowest BCUT2D eigenvalue weighted by Crippen LogP contribution is -2.53. The molecule has 0 aliphatic carbocycles. The van der Waals surface area contributed by atoms with Gasteiger partial charge in [0.25, 0.3) is 0 Å². The number of carbonyl (C=O) groups excluding carboxylic acids is 1. The summed E-state index contributed by atoms with van der Waals surface area (Å²) in [5.41, 5.74) is 0.725. The summed E-state index contributed by atoms with van der Waals surface area (Å²) in [5, 5.41) is 12.6. The molecule has 1 atom stereocenters. The van der Waals surface area contributed by atoms with Crippen molar-refractivity contribution in [3.05, 3.63) is 47.8 Å². The highest BCUT2D eigenvalue weighted by Crippen LogP contribution is 2.39. The van der Waals surface area contributed by atoms with Crippen LogP contribution in [0.1, 0.15) is 34.9 Å². The van der Waals surface area contributed by atoms with Crippen LogP contribution in [0.5, 0.6) is 0 Å². The second-order valence-corrected chi connectivity index (χ2v) is 7.99. The van der Waals surface area contributed by atoms with E-state index in [0.717, 1.165) is 36.3 Å². The summed E-state index contributed by atoms with van der Waals surface area (Å²) in [4.78, 5) is 28.3. The van der Waals surface area contributed by atoms with E-state index >= 15 is 0 Å². The van der Waals surface area contributed by atoms with Crippen LogP contribution in [0.2, 0.25) is 0 Å². The van der Waals surface area contributed by atoms with Gasteiger partial charge in [0.2, 0.25) is 0 Å². The molecule has 2 saturated heterocycles. The van der Waals surface area contributed by atoms with E-state index in [1.54, 1.807) is 12.1 Å². The molecule has 1 unspecified atom stereocenters. The molecule has 1 N–H and O–H groups in total. The highest BCUT2D eigenvalue weighted by molar-refractivity contribution is 5.86. The monoisotopic (exact) mass is 451 g/mol. The van der Waals surface area contributed by atoms with Crippen molar-refractivity contribution in [1.82, 2.24) is 19.6 Å². The van der Waals surface area contributed by atoms with E-state index in [-0.39, 0.29) is 37.4 Å². The highest BCUT2D eigenvalue weighted by Gasteiger charge is 2.45. The van der Waals surface area contributed by atoms with Crippen LogP contribution in [0.25, 0.3) is 0 Å². The van der Waals surface area contributed by atoms with Crippen molar-refractivity contribution in [2.24, 2.45) is 0 Å². The highest BCUT2D eigenvalue weighted by atomic mass is 19.4. The van der Waals surface area contributed by atoms with Gasteiger partial charge >= 0.3 is 18.2 Å². The summed E-state index contributed by atoms with van der Waals surface area (Å²) < 4.78 is 43.2. The predicted octanol–water partition coefficient (Wildman–Crippen LogP) is 3.07. The van der Waals surface area contributed by atoms with Gasteiger partial charge in [0.05, 0.1) is 0 Å². The third-order valence-electron chi connectivity index (χ3n) is 5.92. The lowest BCUT2D eigenvalue weighted by Gasteiger charge is -2.40. The molecule has 0 saturated carbocycles. The Labute approximate surface area is 182 Å². The number of benzene rings is 1. The zero-order valence-corrected chi connectivity index (χ0v) is 17.3.